The van der Waals surface area contributed by atoms with E-state index in [2.05, 4.69) is 21.7 Å². The van der Waals surface area contributed by atoms with Crippen LogP contribution in [0.15, 0.2) is 54.4 Å². The molecule has 0 unspecified atom stereocenters. The second-order valence-corrected chi connectivity index (χ2v) is 7.17. The minimum Gasteiger partial charge on any atom is -0.352 e. The van der Waals surface area contributed by atoms with E-state index >= 15 is 0 Å². The highest BCUT2D eigenvalue weighted by molar-refractivity contribution is 6.06. The summed E-state index contributed by atoms with van der Waals surface area (Å²) in [5.74, 6) is -0.715. The van der Waals surface area contributed by atoms with Crippen molar-refractivity contribution in [1.82, 2.24) is 10.3 Å². The number of rotatable bonds is 7. The molecule has 1 aliphatic rings. The summed E-state index contributed by atoms with van der Waals surface area (Å²) >= 11 is 0. The number of aromatic nitrogens is 1. The topological polar surface area (TPSA) is 88.2 Å². The zero-order chi connectivity index (χ0) is 20.6. The molecule has 1 aliphatic carbocycles. The van der Waals surface area contributed by atoms with E-state index in [0.29, 0.717) is 23.4 Å². The molecule has 0 aliphatic heterocycles. The summed E-state index contributed by atoms with van der Waals surface area (Å²) in [4.78, 5) is 40.4. The second-order valence-electron chi connectivity index (χ2n) is 7.17. The Morgan fingerprint density at radius 2 is 1.79 bits per heavy atom. The van der Waals surface area contributed by atoms with Crippen LogP contribution in [-0.2, 0) is 0 Å². The smallest absolute Gasteiger partial charge is 0.257 e. The highest BCUT2D eigenvalue weighted by Crippen LogP contribution is 2.19. The van der Waals surface area contributed by atoms with E-state index in [9.17, 15) is 14.4 Å². The number of carbonyl (C=O) groups is 3. The van der Waals surface area contributed by atoms with Crippen molar-refractivity contribution in [1.29, 1.82) is 0 Å². The predicted octanol–water partition coefficient (Wildman–Crippen LogP) is 4.16. The van der Waals surface area contributed by atoms with Crippen LogP contribution in [0.5, 0.6) is 0 Å². The Morgan fingerprint density at radius 3 is 2.52 bits per heavy atom. The molecule has 1 heterocycles. The van der Waals surface area contributed by atoms with Crippen molar-refractivity contribution in [2.45, 2.75) is 39.0 Å². The molecule has 0 atom stereocenters. The fraction of sp³-hybridized carbons (Fsp3) is 0.304. The average Bonchev–Trinajstić information content (AvgIpc) is 2.74. The summed E-state index contributed by atoms with van der Waals surface area (Å²) in [6.07, 6.45) is 10.7. The number of pyridine rings is 1. The Labute approximate surface area is 170 Å². The summed E-state index contributed by atoms with van der Waals surface area (Å²) in [5.41, 5.74) is 3.05. The quantitative estimate of drug-likeness (QED) is 0.548. The molecule has 0 bridgehead atoms. The molecule has 6 heteroatoms. The molecule has 3 rings (SSSR count). The van der Waals surface area contributed by atoms with Gasteiger partial charge in [-0.3, -0.25) is 19.4 Å². The van der Waals surface area contributed by atoms with E-state index in [4.69, 9.17) is 0 Å². The van der Waals surface area contributed by atoms with Gasteiger partial charge in [0.05, 0.1) is 11.1 Å². The summed E-state index contributed by atoms with van der Waals surface area (Å²) in [5, 5.41) is 5.63. The van der Waals surface area contributed by atoms with Crippen LogP contribution in [0.2, 0.25) is 0 Å². The highest BCUT2D eigenvalue weighted by Gasteiger charge is 2.13. The zero-order valence-electron chi connectivity index (χ0n) is 16.5. The van der Waals surface area contributed by atoms with E-state index in [-0.39, 0.29) is 23.2 Å². The van der Waals surface area contributed by atoms with Gasteiger partial charge in [-0.1, -0.05) is 23.8 Å². The Bertz CT molecular complexity index is 950. The average molecular weight is 391 g/mol. The standard InChI is InChI=1S/C23H25N3O3/c1-16(27)18-8-5-9-21(13-18)26-23(29)20-12-19(14-24-15-20)22(28)25-11-10-17-6-3-2-4-7-17/h5-6,8-9,12-15H,2-4,7,10-11H2,1H3,(H,25,28)(H,26,29). The number of hydrogen-bond acceptors (Lipinski definition) is 4. The van der Waals surface area contributed by atoms with E-state index < -0.39 is 0 Å². The van der Waals surface area contributed by atoms with Crippen molar-refractivity contribution in [3.8, 4) is 0 Å². The number of nitrogens with one attached hydrogen (secondary N) is 2. The number of Topliss-reactive ketones (excluding diaryl/α,β-unsaturated/α-hetero) is 1. The molecular weight excluding hydrogens is 366 g/mol. The van der Waals surface area contributed by atoms with Gasteiger partial charge in [0, 0.05) is 30.2 Å². The molecule has 0 saturated heterocycles. The molecule has 29 heavy (non-hydrogen) atoms. The van der Waals surface area contributed by atoms with Crippen LogP contribution in [0.25, 0.3) is 0 Å². The fourth-order valence-corrected chi connectivity index (χ4v) is 3.28. The SMILES string of the molecule is CC(=O)c1cccc(NC(=O)c2cncc(C(=O)NCCC3=CCCCC3)c2)c1. The maximum Gasteiger partial charge on any atom is 0.257 e. The minimum absolute atomic E-state index is 0.0783. The first kappa shape index (κ1) is 20.5. The van der Waals surface area contributed by atoms with Crippen molar-refractivity contribution in [2.24, 2.45) is 0 Å². The zero-order valence-corrected chi connectivity index (χ0v) is 16.5. The number of nitrogens with zero attached hydrogens (tertiary/aromatic N) is 1. The normalized spacial score (nSPS) is 13.3. The number of hydrogen-bond donors (Lipinski definition) is 2. The summed E-state index contributed by atoms with van der Waals surface area (Å²) in [6, 6.07) is 8.23. The third kappa shape index (κ3) is 5.85. The van der Waals surface area contributed by atoms with Crippen LogP contribution in [0.4, 0.5) is 5.69 Å². The Balaban J connectivity index is 1.60. The van der Waals surface area contributed by atoms with Gasteiger partial charge in [0.1, 0.15) is 0 Å². The van der Waals surface area contributed by atoms with Crippen LogP contribution >= 0.6 is 0 Å². The van der Waals surface area contributed by atoms with Gasteiger partial charge in [-0.25, -0.2) is 0 Å². The van der Waals surface area contributed by atoms with Gasteiger partial charge in [-0.2, -0.15) is 0 Å². The second kappa shape index (κ2) is 9.78. The highest BCUT2D eigenvalue weighted by atomic mass is 16.2. The molecule has 1 aromatic carbocycles. The molecular formula is C23H25N3O3. The van der Waals surface area contributed by atoms with E-state index in [0.717, 1.165) is 19.3 Å². The van der Waals surface area contributed by atoms with Gasteiger partial charge in [0.25, 0.3) is 11.8 Å². The van der Waals surface area contributed by atoms with Crippen molar-refractivity contribution >= 4 is 23.3 Å². The van der Waals surface area contributed by atoms with Gasteiger partial charge >= 0.3 is 0 Å². The number of anilines is 1. The number of allylic oxidation sites excluding steroid dienone is 1. The first-order valence-corrected chi connectivity index (χ1v) is 9.86. The number of benzene rings is 1. The molecule has 2 amide bonds. The number of ketones is 1. The molecule has 0 spiro atoms. The van der Waals surface area contributed by atoms with Crippen LogP contribution in [0.3, 0.4) is 0 Å². The monoisotopic (exact) mass is 391 g/mol. The largest absolute Gasteiger partial charge is 0.352 e. The summed E-state index contributed by atoms with van der Waals surface area (Å²) in [7, 11) is 0. The predicted molar refractivity (Wildman–Crippen MR) is 112 cm³/mol. The summed E-state index contributed by atoms with van der Waals surface area (Å²) in [6.45, 7) is 2.04. The van der Waals surface area contributed by atoms with Crippen LogP contribution < -0.4 is 10.6 Å². The van der Waals surface area contributed by atoms with Crippen LogP contribution in [0.1, 0.15) is 70.1 Å². The Kier molecular flexibility index (Phi) is 6.89. The maximum absolute atomic E-state index is 12.5. The lowest BCUT2D eigenvalue weighted by atomic mass is 9.97. The van der Waals surface area contributed by atoms with Crippen molar-refractivity contribution < 1.29 is 14.4 Å². The number of amides is 2. The molecule has 2 aromatic rings. The summed E-state index contributed by atoms with van der Waals surface area (Å²) < 4.78 is 0. The van der Waals surface area contributed by atoms with E-state index in [1.165, 1.54) is 43.8 Å². The van der Waals surface area contributed by atoms with Gasteiger partial charge in [-0.15, -0.1) is 0 Å². The maximum atomic E-state index is 12.5. The lowest BCUT2D eigenvalue weighted by Crippen LogP contribution is -2.25. The third-order valence-electron chi connectivity index (χ3n) is 4.91. The Morgan fingerprint density at radius 1 is 1.00 bits per heavy atom. The molecule has 0 fully saturated rings. The molecule has 1 aromatic heterocycles. The van der Waals surface area contributed by atoms with Crippen LogP contribution in [0, 0.1) is 0 Å². The minimum atomic E-state index is -0.389. The van der Waals surface area contributed by atoms with Crippen molar-refractivity contribution in [3.05, 3.63) is 71.1 Å². The van der Waals surface area contributed by atoms with Gasteiger partial charge in [0.2, 0.25) is 0 Å². The van der Waals surface area contributed by atoms with E-state index in [1.807, 2.05) is 0 Å². The lowest BCUT2D eigenvalue weighted by Gasteiger charge is -2.13. The molecule has 0 radical (unpaired) electrons. The number of carbonyl (C=O) groups excluding carboxylic acids is 3. The Hall–Kier alpha value is -3.28. The van der Waals surface area contributed by atoms with E-state index in [1.54, 1.807) is 24.3 Å². The fourth-order valence-electron chi connectivity index (χ4n) is 3.28. The lowest BCUT2D eigenvalue weighted by molar-refractivity contribution is 0.0952. The first-order chi connectivity index (χ1) is 14.0. The van der Waals surface area contributed by atoms with Gasteiger partial charge in [0.15, 0.2) is 5.78 Å². The van der Waals surface area contributed by atoms with Crippen LogP contribution in [-0.4, -0.2) is 29.1 Å². The molecule has 6 nitrogen and oxygen atoms in total. The third-order valence-corrected chi connectivity index (χ3v) is 4.91. The molecule has 2 N–H and O–H groups in total. The van der Waals surface area contributed by atoms with Crippen molar-refractivity contribution in [2.75, 3.05) is 11.9 Å². The van der Waals surface area contributed by atoms with Gasteiger partial charge in [-0.05, 0) is 57.2 Å². The van der Waals surface area contributed by atoms with Crippen molar-refractivity contribution in [3.63, 3.8) is 0 Å². The molecule has 150 valence electrons. The first-order valence-electron chi connectivity index (χ1n) is 9.86. The molecule has 0 saturated carbocycles. The van der Waals surface area contributed by atoms with Gasteiger partial charge < -0.3 is 10.6 Å².